The molecular weight excluding hydrogens is 306 g/mol. The molecule has 0 N–H and O–H groups in total. The van der Waals surface area contributed by atoms with Crippen molar-refractivity contribution >= 4 is 16.4 Å². The van der Waals surface area contributed by atoms with Crippen LogP contribution in [0.15, 0.2) is 47.4 Å². The summed E-state index contributed by atoms with van der Waals surface area (Å²) in [7, 11) is -2.67. The number of ether oxygens (including phenoxy) is 1. The summed E-state index contributed by atoms with van der Waals surface area (Å²) in [6.07, 6.45) is 0.478. The standard InChI is InChI=1S/C15H11NO5S/c1-20-13-4-7-15(12(8-13)10-17)21-22(18,19)14-5-2-11(9-16)3-6-14/h2-8,10H,1H3. The SMILES string of the molecule is COc1ccc(OS(=O)(=O)c2ccc(C#N)cc2)c(C=O)c1. The predicted molar refractivity (Wildman–Crippen MR) is 77.4 cm³/mol. The molecule has 0 aromatic heterocycles. The van der Waals surface area contributed by atoms with Crippen LogP contribution in [0.3, 0.4) is 0 Å². The zero-order chi connectivity index (χ0) is 16.2. The molecule has 0 fully saturated rings. The van der Waals surface area contributed by atoms with Crippen LogP contribution in [0.4, 0.5) is 0 Å². The van der Waals surface area contributed by atoms with Gasteiger partial charge in [-0.05, 0) is 42.5 Å². The molecule has 112 valence electrons. The Balaban J connectivity index is 2.36. The molecule has 0 saturated carbocycles. The van der Waals surface area contributed by atoms with E-state index >= 15 is 0 Å². The predicted octanol–water partition coefficient (Wildman–Crippen LogP) is 2.15. The molecule has 0 unspecified atom stereocenters. The van der Waals surface area contributed by atoms with Crippen molar-refractivity contribution in [2.24, 2.45) is 0 Å². The van der Waals surface area contributed by atoms with Crippen molar-refractivity contribution in [3.05, 3.63) is 53.6 Å². The molecule has 0 aliphatic carbocycles. The molecule has 0 saturated heterocycles. The Kier molecular flexibility index (Phi) is 4.44. The molecule has 7 heteroatoms. The van der Waals surface area contributed by atoms with Crippen molar-refractivity contribution < 1.29 is 22.1 Å². The maximum absolute atomic E-state index is 12.2. The molecule has 0 amide bonds. The third-order valence-corrected chi connectivity index (χ3v) is 4.06. The summed E-state index contributed by atoms with van der Waals surface area (Å²) < 4.78 is 34.3. The fraction of sp³-hybridized carbons (Fsp3) is 0.0667. The summed E-state index contributed by atoms with van der Waals surface area (Å²) in [5.41, 5.74) is 0.383. The lowest BCUT2D eigenvalue weighted by Crippen LogP contribution is -2.11. The number of rotatable bonds is 5. The van der Waals surface area contributed by atoms with Gasteiger partial charge in [0.25, 0.3) is 0 Å². The van der Waals surface area contributed by atoms with E-state index in [0.717, 1.165) is 0 Å². The van der Waals surface area contributed by atoms with Gasteiger partial charge in [-0.1, -0.05) is 0 Å². The molecular formula is C15H11NO5S. The number of aldehydes is 1. The minimum atomic E-state index is -4.10. The summed E-state index contributed by atoms with van der Waals surface area (Å²) in [6.45, 7) is 0. The lowest BCUT2D eigenvalue weighted by molar-refractivity contribution is 0.112. The summed E-state index contributed by atoms with van der Waals surface area (Å²) >= 11 is 0. The first-order valence-corrected chi connectivity index (χ1v) is 7.49. The third-order valence-electron chi connectivity index (χ3n) is 2.82. The third kappa shape index (κ3) is 3.24. The van der Waals surface area contributed by atoms with Gasteiger partial charge in [-0.3, -0.25) is 4.79 Å². The van der Waals surface area contributed by atoms with Crippen LogP contribution < -0.4 is 8.92 Å². The monoisotopic (exact) mass is 317 g/mol. The molecule has 0 atom stereocenters. The zero-order valence-electron chi connectivity index (χ0n) is 11.5. The number of carbonyl (C=O) groups excluding carboxylic acids is 1. The molecule has 0 aliphatic heterocycles. The Bertz CT molecular complexity index is 835. The number of carbonyl (C=O) groups is 1. The van der Waals surface area contributed by atoms with Crippen molar-refractivity contribution in [1.29, 1.82) is 5.26 Å². The second-order valence-corrected chi connectivity index (χ2v) is 5.74. The highest BCUT2D eigenvalue weighted by Gasteiger charge is 2.19. The molecule has 2 rings (SSSR count). The largest absolute Gasteiger partial charge is 0.497 e. The first-order chi connectivity index (χ1) is 10.5. The Morgan fingerprint density at radius 2 is 1.82 bits per heavy atom. The molecule has 0 bridgehead atoms. The summed E-state index contributed by atoms with van der Waals surface area (Å²) in [6, 6.07) is 11.3. The zero-order valence-corrected chi connectivity index (χ0v) is 12.3. The van der Waals surface area contributed by atoms with Gasteiger partial charge in [0, 0.05) is 0 Å². The fourth-order valence-corrected chi connectivity index (χ4v) is 2.64. The van der Waals surface area contributed by atoms with Crippen LogP contribution in [0.5, 0.6) is 11.5 Å². The van der Waals surface area contributed by atoms with Crippen molar-refractivity contribution in [3.63, 3.8) is 0 Å². The number of nitrogens with zero attached hydrogens (tertiary/aromatic N) is 1. The van der Waals surface area contributed by atoms with E-state index in [1.165, 1.54) is 49.6 Å². The Morgan fingerprint density at radius 1 is 1.14 bits per heavy atom. The van der Waals surface area contributed by atoms with Crippen LogP contribution in [0, 0.1) is 11.3 Å². The highest BCUT2D eigenvalue weighted by molar-refractivity contribution is 7.87. The topological polar surface area (TPSA) is 93.5 Å². The van der Waals surface area contributed by atoms with Crippen LogP contribution in [0.25, 0.3) is 0 Å². The molecule has 6 nitrogen and oxygen atoms in total. The van der Waals surface area contributed by atoms with Crippen LogP contribution in [-0.4, -0.2) is 21.8 Å². The van der Waals surface area contributed by atoms with Crippen LogP contribution in [0.2, 0.25) is 0 Å². The molecule has 2 aromatic carbocycles. The molecule has 22 heavy (non-hydrogen) atoms. The minimum absolute atomic E-state index is 0.0524. The van der Waals surface area contributed by atoms with E-state index in [1.807, 2.05) is 6.07 Å². The molecule has 0 aliphatic rings. The van der Waals surface area contributed by atoms with Crippen LogP contribution in [-0.2, 0) is 10.1 Å². The van der Waals surface area contributed by atoms with Gasteiger partial charge in [-0.15, -0.1) is 0 Å². The second-order valence-electron chi connectivity index (χ2n) is 4.20. The van der Waals surface area contributed by atoms with Gasteiger partial charge in [0.05, 0.1) is 24.3 Å². The number of hydrogen-bond donors (Lipinski definition) is 0. The Hall–Kier alpha value is -2.85. The van der Waals surface area contributed by atoms with E-state index in [2.05, 4.69) is 0 Å². The van der Waals surface area contributed by atoms with E-state index < -0.39 is 10.1 Å². The van der Waals surface area contributed by atoms with E-state index in [0.29, 0.717) is 17.6 Å². The Labute approximate surface area is 127 Å². The van der Waals surface area contributed by atoms with Gasteiger partial charge < -0.3 is 8.92 Å². The maximum Gasteiger partial charge on any atom is 0.339 e. The quantitative estimate of drug-likeness (QED) is 0.619. The smallest absolute Gasteiger partial charge is 0.339 e. The average Bonchev–Trinajstić information content (AvgIpc) is 2.55. The normalized spacial score (nSPS) is 10.5. The highest BCUT2D eigenvalue weighted by atomic mass is 32.2. The van der Waals surface area contributed by atoms with Gasteiger partial charge in [0.2, 0.25) is 0 Å². The van der Waals surface area contributed by atoms with E-state index in [9.17, 15) is 13.2 Å². The molecule has 2 aromatic rings. The summed E-state index contributed by atoms with van der Waals surface area (Å²) in [4.78, 5) is 10.9. The number of nitriles is 1. The summed E-state index contributed by atoms with van der Waals surface area (Å²) in [5, 5.41) is 8.70. The number of methoxy groups -OCH3 is 1. The molecule has 0 radical (unpaired) electrons. The minimum Gasteiger partial charge on any atom is -0.497 e. The van der Waals surface area contributed by atoms with Gasteiger partial charge in [0.15, 0.2) is 12.0 Å². The van der Waals surface area contributed by atoms with Gasteiger partial charge in [-0.2, -0.15) is 13.7 Å². The van der Waals surface area contributed by atoms with Crippen LogP contribution in [0.1, 0.15) is 15.9 Å². The van der Waals surface area contributed by atoms with E-state index in [-0.39, 0.29) is 16.2 Å². The van der Waals surface area contributed by atoms with Crippen molar-refractivity contribution in [2.75, 3.05) is 7.11 Å². The van der Waals surface area contributed by atoms with E-state index in [4.69, 9.17) is 14.2 Å². The van der Waals surface area contributed by atoms with Crippen LogP contribution >= 0.6 is 0 Å². The van der Waals surface area contributed by atoms with Gasteiger partial charge in [-0.25, -0.2) is 0 Å². The molecule has 0 heterocycles. The van der Waals surface area contributed by atoms with Crippen molar-refractivity contribution in [3.8, 4) is 17.6 Å². The number of hydrogen-bond acceptors (Lipinski definition) is 6. The van der Waals surface area contributed by atoms with Gasteiger partial charge in [0.1, 0.15) is 10.6 Å². The fourth-order valence-electron chi connectivity index (χ4n) is 1.68. The average molecular weight is 317 g/mol. The van der Waals surface area contributed by atoms with Gasteiger partial charge >= 0.3 is 10.1 Å². The lowest BCUT2D eigenvalue weighted by atomic mass is 10.2. The van der Waals surface area contributed by atoms with Crippen molar-refractivity contribution in [1.82, 2.24) is 0 Å². The highest BCUT2D eigenvalue weighted by Crippen LogP contribution is 2.26. The summed E-state index contributed by atoms with van der Waals surface area (Å²) in [5.74, 6) is 0.311. The lowest BCUT2D eigenvalue weighted by Gasteiger charge is -2.10. The van der Waals surface area contributed by atoms with Crippen molar-refractivity contribution in [2.45, 2.75) is 4.90 Å². The second kappa shape index (κ2) is 6.28. The first-order valence-electron chi connectivity index (χ1n) is 6.08. The van der Waals surface area contributed by atoms with E-state index in [1.54, 1.807) is 0 Å². The molecule has 0 spiro atoms. The Morgan fingerprint density at radius 3 is 2.36 bits per heavy atom. The number of benzene rings is 2. The first kappa shape index (κ1) is 15.5. The maximum atomic E-state index is 12.2.